The molecule has 0 unspecified atom stereocenters. The van der Waals surface area contributed by atoms with E-state index in [1.54, 1.807) is 0 Å². The van der Waals surface area contributed by atoms with Crippen LogP contribution < -0.4 is 0 Å². The van der Waals surface area contributed by atoms with Gasteiger partial charge in [0.15, 0.2) is 5.82 Å². The average molecular weight is 1170 g/mol. The van der Waals surface area contributed by atoms with E-state index in [4.69, 9.17) is 9.97 Å². The summed E-state index contributed by atoms with van der Waals surface area (Å²) in [5, 5.41) is 16.2. The van der Waals surface area contributed by atoms with Crippen LogP contribution in [-0.2, 0) is 0 Å². The maximum atomic E-state index is 5.69. The third-order valence-corrected chi connectivity index (χ3v) is 21.8. The van der Waals surface area contributed by atoms with Crippen LogP contribution >= 0.6 is 34.0 Å². The van der Waals surface area contributed by atoms with Crippen molar-refractivity contribution in [1.29, 1.82) is 0 Å². The van der Waals surface area contributed by atoms with Crippen LogP contribution in [-0.4, -0.2) is 23.7 Å². The van der Waals surface area contributed by atoms with Gasteiger partial charge in [0, 0.05) is 126 Å². The first kappa shape index (κ1) is 48.5. The van der Waals surface area contributed by atoms with E-state index in [-0.39, 0.29) is 0 Å². The molecule has 7 heterocycles. The van der Waals surface area contributed by atoms with Crippen LogP contribution in [0.3, 0.4) is 0 Å². The zero-order chi connectivity index (χ0) is 57.3. The minimum absolute atomic E-state index is 0.672. The fourth-order valence-corrected chi connectivity index (χ4v) is 17.9. The van der Waals surface area contributed by atoms with Crippen LogP contribution in [0.5, 0.6) is 0 Å². The molecule has 20 aromatic rings. The van der Waals surface area contributed by atoms with Gasteiger partial charge in [-0.1, -0.05) is 170 Å². The van der Waals surface area contributed by atoms with E-state index in [1.165, 1.54) is 120 Å². The van der Waals surface area contributed by atoms with Gasteiger partial charge < -0.3 is 13.7 Å². The van der Waals surface area contributed by atoms with E-state index in [1.807, 2.05) is 34.0 Å². The molecular formula is C80H45N5S3. The van der Waals surface area contributed by atoms with Gasteiger partial charge in [-0.05, 0) is 114 Å². The second-order valence-electron chi connectivity index (χ2n) is 23.1. The lowest BCUT2D eigenvalue weighted by Gasteiger charge is -2.14. The van der Waals surface area contributed by atoms with Crippen molar-refractivity contribution in [3.8, 4) is 50.8 Å². The highest BCUT2D eigenvalue weighted by atomic mass is 32.1. The fraction of sp³-hybridized carbons (Fsp3) is 0. The van der Waals surface area contributed by atoms with Gasteiger partial charge >= 0.3 is 0 Å². The highest BCUT2D eigenvalue weighted by Gasteiger charge is 2.23. The molecule has 13 aromatic carbocycles. The predicted octanol–water partition coefficient (Wildman–Crippen LogP) is 23.0. The van der Waals surface area contributed by atoms with Crippen molar-refractivity contribution in [3.63, 3.8) is 0 Å². The highest BCUT2D eigenvalue weighted by Crippen LogP contribution is 2.47. The number of hydrogen-bond donors (Lipinski definition) is 0. The van der Waals surface area contributed by atoms with Crippen LogP contribution in [0.25, 0.3) is 188 Å². The number of aromatic nitrogens is 5. The molecule has 0 atom stereocenters. The van der Waals surface area contributed by atoms with Crippen molar-refractivity contribution >= 4 is 171 Å². The number of para-hydroxylation sites is 3. The van der Waals surface area contributed by atoms with Gasteiger partial charge in [0.05, 0.1) is 44.3 Å². The smallest absolute Gasteiger partial charge is 0.160 e. The maximum Gasteiger partial charge on any atom is 0.160 e. The first-order chi connectivity index (χ1) is 43.6. The molecule has 88 heavy (non-hydrogen) atoms. The molecular weight excluding hydrogens is 1130 g/mol. The van der Waals surface area contributed by atoms with Crippen molar-refractivity contribution < 1.29 is 0 Å². The molecule has 0 saturated heterocycles. The van der Waals surface area contributed by atoms with Crippen LogP contribution in [0.4, 0.5) is 0 Å². The molecule has 20 rings (SSSR count). The standard InChI is InChI=1S/C80H45N5S3/c1-7-22-64-53(16-1)56-37-41-70-73(59-19-4-10-25-67(59)86-70)77(56)83(64)50-33-28-46(29-34-50)48-32-40-63-62(45-48)76(47-30-35-51(36-31-47)84-65-23-8-2-17-54(65)57-38-42-71-74(78(57)84)60-20-5-11-26-68(60)87-71)82-80(81-63)49-14-13-15-52(44-49)85-66-24-9-3-18-55(66)58-39-43-72-75(79(58)85)61-21-6-12-27-69(61)88-72/h1-45H. The summed E-state index contributed by atoms with van der Waals surface area (Å²) >= 11 is 5.59. The lowest BCUT2D eigenvalue weighted by atomic mass is 9.99. The molecule has 8 heteroatoms. The Morgan fingerprint density at radius 3 is 1.12 bits per heavy atom. The second kappa shape index (κ2) is 18.4. The summed E-state index contributed by atoms with van der Waals surface area (Å²) in [4.78, 5) is 11.2. The van der Waals surface area contributed by atoms with Gasteiger partial charge in [0.1, 0.15) is 0 Å². The van der Waals surface area contributed by atoms with E-state index < -0.39 is 0 Å². The minimum atomic E-state index is 0.672. The van der Waals surface area contributed by atoms with Crippen molar-refractivity contribution in [3.05, 3.63) is 273 Å². The van der Waals surface area contributed by atoms with E-state index in [9.17, 15) is 0 Å². The van der Waals surface area contributed by atoms with Crippen molar-refractivity contribution in [2.45, 2.75) is 0 Å². The Kier molecular flexibility index (Phi) is 10.1. The predicted molar refractivity (Wildman–Crippen MR) is 378 cm³/mol. The Balaban J connectivity index is 0.769. The molecule has 0 amide bonds. The van der Waals surface area contributed by atoms with Crippen molar-refractivity contribution in [1.82, 2.24) is 23.7 Å². The third-order valence-electron chi connectivity index (χ3n) is 18.4. The molecule has 0 aliphatic heterocycles. The summed E-state index contributed by atoms with van der Waals surface area (Å²) in [7, 11) is 0. The Morgan fingerprint density at radius 2 is 0.648 bits per heavy atom. The maximum absolute atomic E-state index is 5.69. The molecule has 0 aliphatic carbocycles. The van der Waals surface area contributed by atoms with Crippen LogP contribution in [0.15, 0.2) is 273 Å². The average Bonchev–Trinajstić information content (AvgIpc) is 1.72. The zero-order valence-electron chi connectivity index (χ0n) is 46.9. The van der Waals surface area contributed by atoms with Gasteiger partial charge in [-0.2, -0.15) is 0 Å². The number of fused-ring (bicyclic) bond motifs is 22. The van der Waals surface area contributed by atoms with Crippen LogP contribution in [0, 0.1) is 0 Å². The van der Waals surface area contributed by atoms with E-state index in [2.05, 4.69) is 287 Å². The van der Waals surface area contributed by atoms with Crippen LogP contribution in [0.1, 0.15) is 0 Å². The SMILES string of the molecule is c1cc(-c2nc(-c3ccc(-n4c5ccccc5c5ccc6sc7ccccc7c6c54)cc3)c3cc(-c4ccc(-n5c6ccccc6c6ccc7sc8ccccc8c7c65)cc4)ccc3n2)cc(-n2c3ccccc3c3ccc4sc5ccccc5c4c32)c1. The summed E-state index contributed by atoms with van der Waals surface area (Å²) in [5.74, 6) is 0.672. The first-order valence-corrected chi connectivity index (χ1v) is 32.2. The molecule has 0 aliphatic rings. The Morgan fingerprint density at radius 1 is 0.239 bits per heavy atom. The van der Waals surface area contributed by atoms with E-state index >= 15 is 0 Å². The molecule has 0 saturated carbocycles. The van der Waals surface area contributed by atoms with Crippen molar-refractivity contribution in [2.24, 2.45) is 0 Å². The summed E-state index contributed by atoms with van der Waals surface area (Å²) < 4.78 is 15.2. The summed E-state index contributed by atoms with van der Waals surface area (Å²) in [6.45, 7) is 0. The van der Waals surface area contributed by atoms with Crippen LogP contribution in [0.2, 0.25) is 0 Å². The molecule has 5 nitrogen and oxygen atoms in total. The third kappa shape index (κ3) is 6.90. The number of rotatable bonds is 6. The van der Waals surface area contributed by atoms with Gasteiger partial charge in [0.2, 0.25) is 0 Å². The second-order valence-corrected chi connectivity index (χ2v) is 26.4. The summed E-state index contributed by atoms with van der Waals surface area (Å²) in [6, 6.07) is 101. The topological polar surface area (TPSA) is 40.6 Å². The van der Waals surface area contributed by atoms with E-state index in [0.717, 1.165) is 61.4 Å². The van der Waals surface area contributed by atoms with E-state index in [0.29, 0.717) is 5.82 Å². The molecule has 0 bridgehead atoms. The lowest BCUT2D eigenvalue weighted by molar-refractivity contribution is 1.17. The highest BCUT2D eigenvalue weighted by molar-refractivity contribution is 7.26. The number of nitrogens with zero attached hydrogens (tertiary/aromatic N) is 5. The Bertz CT molecular complexity index is 6370. The van der Waals surface area contributed by atoms with Gasteiger partial charge in [0.25, 0.3) is 0 Å². The molecule has 0 spiro atoms. The van der Waals surface area contributed by atoms with Gasteiger partial charge in [-0.25, -0.2) is 9.97 Å². The lowest BCUT2D eigenvalue weighted by Crippen LogP contribution is -1.99. The molecule has 7 aromatic heterocycles. The largest absolute Gasteiger partial charge is 0.309 e. The number of thiophene rings is 3. The molecule has 0 N–H and O–H groups in total. The summed E-state index contributed by atoms with van der Waals surface area (Å²) in [5.41, 5.74) is 16.5. The minimum Gasteiger partial charge on any atom is -0.309 e. The fourth-order valence-electron chi connectivity index (χ4n) is 14.6. The zero-order valence-corrected chi connectivity index (χ0v) is 49.4. The molecule has 408 valence electrons. The van der Waals surface area contributed by atoms with Gasteiger partial charge in [-0.15, -0.1) is 34.0 Å². The summed E-state index contributed by atoms with van der Waals surface area (Å²) in [6.07, 6.45) is 0. The Hall–Kier alpha value is -10.7. The number of benzene rings is 13. The first-order valence-electron chi connectivity index (χ1n) is 29.8. The quantitative estimate of drug-likeness (QED) is 0.166. The molecule has 0 radical (unpaired) electrons. The normalized spacial score (nSPS) is 12.3. The monoisotopic (exact) mass is 1170 g/mol. The Labute approximate surface area is 514 Å². The van der Waals surface area contributed by atoms with Gasteiger partial charge in [-0.3, -0.25) is 0 Å². The van der Waals surface area contributed by atoms with Crippen molar-refractivity contribution in [2.75, 3.05) is 0 Å². The number of hydrogen-bond acceptors (Lipinski definition) is 5. The molecule has 0 fully saturated rings.